The summed E-state index contributed by atoms with van der Waals surface area (Å²) in [6.07, 6.45) is 1.10. The monoisotopic (exact) mass is 182 g/mol. The van der Waals surface area contributed by atoms with Gasteiger partial charge in [0, 0.05) is 11.7 Å². The molecule has 0 fully saturated rings. The fourth-order valence-corrected chi connectivity index (χ4v) is 0.881. The van der Waals surface area contributed by atoms with Crippen molar-refractivity contribution >= 4 is 7.60 Å². The lowest BCUT2D eigenvalue weighted by Crippen LogP contribution is -2.06. The average Bonchev–Trinajstić information content (AvgIpc) is 1.88. The third-order valence-corrected chi connectivity index (χ3v) is 1.58. The largest absolute Gasteiger partial charge is 0.396 e. The molecule has 0 aromatic carbocycles. The second-order valence-electron chi connectivity index (χ2n) is 2.06. The van der Waals surface area contributed by atoms with Crippen molar-refractivity contribution in [3.8, 4) is 0 Å². The van der Waals surface area contributed by atoms with E-state index < -0.39 is 13.5 Å². The van der Waals surface area contributed by atoms with Crippen LogP contribution in [0.1, 0.15) is 0 Å². The molecule has 5 nitrogen and oxygen atoms in total. The molecule has 11 heavy (non-hydrogen) atoms. The predicted octanol–water partition coefficient (Wildman–Crippen LogP) is -0.721. The summed E-state index contributed by atoms with van der Waals surface area (Å²) in [4.78, 5) is 16.6. The predicted molar refractivity (Wildman–Crippen MR) is 38.8 cm³/mol. The smallest absolute Gasteiger partial charge is 0.348 e. The van der Waals surface area contributed by atoms with Gasteiger partial charge in [-0.25, -0.2) is 0 Å². The molecule has 0 rings (SSSR count). The first-order chi connectivity index (χ1) is 4.99. The average molecular weight is 182 g/mol. The van der Waals surface area contributed by atoms with E-state index in [1.165, 1.54) is 0 Å². The fraction of sp³-hybridized carbons (Fsp3) is 0.600. The summed E-state index contributed by atoms with van der Waals surface area (Å²) in [6, 6.07) is 0. The minimum absolute atomic E-state index is 0.326. The number of aliphatic hydroxyl groups is 2. The Hall–Kier alpha value is -0.190. The van der Waals surface area contributed by atoms with Gasteiger partial charge in [0.2, 0.25) is 0 Å². The van der Waals surface area contributed by atoms with Crippen molar-refractivity contribution in [2.24, 2.45) is 5.92 Å². The molecular formula is C5H11O5P. The van der Waals surface area contributed by atoms with E-state index in [-0.39, 0.29) is 13.2 Å². The molecular weight excluding hydrogens is 171 g/mol. The zero-order chi connectivity index (χ0) is 8.91. The minimum Gasteiger partial charge on any atom is -0.396 e. The molecule has 0 aromatic rings. The Labute approximate surface area is 64.1 Å². The molecule has 0 atom stereocenters. The van der Waals surface area contributed by atoms with Crippen LogP contribution in [0, 0.1) is 5.92 Å². The summed E-state index contributed by atoms with van der Waals surface area (Å²) < 4.78 is 10.2. The Balaban J connectivity index is 4.00. The van der Waals surface area contributed by atoms with Crippen LogP contribution in [0.5, 0.6) is 0 Å². The van der Waals surface area contributed by atoms with Crippen LogP contribution in [0.4, 0.5) is 0 Å². The molecule has 0 spiro atoms. The lowest BCUT2D eigenvalue weighted by molar-refractivity contribution is 0.178. The molecule has 0 saturated carbocycles. The molecule has 0 saturated heterocycles. The lowest BCUT2D eigenvalue weighted by atomic mass is 10.2. The second kappa shape index (κ2) is 4.64. The Morgan fingerprint density at radius 1 is 1.27 bits per heavy atom. The van der Waals surface area contributed by atoms with Crippen molar-refractivity contribution in [3.63, 3.8) is 0 Å². The molecule has 4 N–H and O–H groups in total. The van der Waals surface area contributed by atoms with Gasteiger partial charge in [-0.05, 0) is 0 Å². The molecule has 0 amide bonds. The molecule has 0 radical (unpaired) electrons. The zero-order valence-electron chi connectivity index (χ0n) is 5.79. The number of rotatable bonds is 4. The van der Waals surface area contributed by atoms with Gasteiger partial charge < -0.3 is 20.0 Å². The van der Waals surface area contributed by atoms with Crippen LogP contribution in [0.2, 0.25) is 0 Å². The van der Waals surface area contributed by atoms with Crippen LogP contribution in [0.25, 0.3) is 0 Å². The quantitative estimate of drug-likeness (QED) is 0.430. The normalized spacial score (nSPS) is 13.2. The van der Waals surface area contributed by atoms with Crippen LogP contribution in [-0.2, 0) is 4.57 Å². The van der Waals surface area contributed by atoms with Crippen LogP contribution >= 0.6 is 7.60 Å². The van der Waals surface area contributed by atoms with Gasteiger partial charge in [-0.3, -0.25) is 4.57 Å². The highest BCUT2D eigenvalue weighted by Crippen LogP contribution is 2.36. The molecule has 0 aliphatic carbocycles. The third-order valence-electron chi connectivity index (χ3n) is 1.02. The maximum absolute atomic E-state index is 10.2. The fourth-order valence-electron chi connectivity index (χ4n) is 0.413. The van der Waals surface area contributed by atoms with E-state index in [2.05, 4.69) is 0 Å². The van der Waals surface area contributed by atoms with Crippen molar-refractivity contribution in [1.29, 1.82) is 0 Å². The Morgan fingerprint density at radius 2 is 1.73 bits per heavy atom. The third kappa shape index (κ3) is 6.22. The molecule has 66 valence electrons. The Kier molecular flexibility index (Phi) is 4.56. The van der Waals surface area contributed by atoms with E-state index in [9.17, 15) is 4.57 Å². The zero-order valence-corrected chi connectivity index (χ0v) is 6.69. The first-order valence-electron chi connectivity index (χ1n) is 2.96. The van der Waals surface area contributed by atoms with Gasteiger partial charge in [0.25, 0.3) is 0 Å². The Morgan fingerprint density at radius 3 is 2.00 bits per heavy atom. The molecule has 6 heteroatoms. The van der Waals surface area contributed by atoms with Crippen LogP contribution in [0.15, 0.2) is 11.9 Å². The van der Waals surface area contributed by atoms with Crippen molar-refractivity contribution in [1.82, 2.24) is 0 Å². The molecule has 0 aliphatic rings. The molecule has 0 bridgehead atoms. The number of hydrogen-bond donors (Lipinski definition) is 4. The SMILES string of the molecule is O=P(O)(O)C=CC(CO)CO. The van der Waals surface area contributed by atoms with E-state index in [0.717, 1.165) is 6.08 Å². The number of hydrogen-bond acceptors (Lipinski definition) is 3. The van der Waals surface area contributed by atoms with E-state index >= 15 is 0 Å². The molecule has 0 aromatic heterocycles. The maximum atomic E-state index is 10.2. The van der Waals surface area contributed by atoms with Crippen molar-refractivity contribution in [2.75, 3.05) is 13.2 Å². The van der Waals surface area contributed by atoms with Gasteiger partial charge in [-0.15, -0.1) is 0 Å². The highest BCUT2D eigenvalue weighted by atomic mass is 31.2. The van der Waals surface area contributed by atoms with Crippen molar-refractivity contribution in [2.45, 2.75) is 0 Å². The Bertz CT molecular complexity index is 168. The number of aliphatic hydroxyl groups excluding tert-OH is 2. The molecule has 0 unspecified atom stereocenters. The van der Waals surface area contributed by atoms with Gasteiger partial charge in [-0.2, -0.15) is 0 Å². The summed E-state index contributed by atoms with van der Waals surface area (Å²) in [6.45, 7) is -0.653. The maximum Gasteiger partial charge on any atom is 0.348 e. The van der Waals surface area contributed by atoms with Gasteiger partial charge in [0.15, 0.2) is 0 Å². The van der Waals surface area contributed by atoms with Gasteiger partial charge in [0.05, 0.1) is 13.2 Å². The van der Waals surface area contributed by atoms with Crippen molar-refractivity contribution < 1.29 is 24.6 Å². The van der Waals surface area contributed by atoms with Crippen LogP contribution in [0.3, 0.4) is 0 Å². The summed E-state index contributed by atoms with van der Waals surface area (Å²) in [5.41, 5.74) is 0. The summed E-state index contributed by atoms with van der Waals surface area (Å²) in [5, 5.41) is 16.9. The standard InChI is InChI=1S/C5H11O5P/c6-3-5(4-7)1-2-11(8,9)10/h1-2,5-7H,3-4H2,(H2,8,9,10). The lowest BCUT2D eigenvalue weighted by Gasteiger charge is -2.03. The minimum atomic E-state index is -4.15. The highest BCUT2D eigenvalue weighted by molar-refractivity contribution is 7.55. The summed E-state index contributed by atoms with van der Waals surface area (Å²) >= 11 is 0. The molecule has 0 heterocycles. The van der Waals surface area contributed by atoms with E-state index in [4.69, 9.17) is 20.0 Å². The topological polar surface area (TPSA) is 98.0 Å². The van der Waals surface area contributed by atoms with Crippen LogP contribution in [-0.4, -0.2) is 33.2 Å². The van der Waals surface area contributed by atoms with Crippen molar-refractivity contribution in [3.05, 3.63) is 11.9 Å². The van der Waals surface area contributed by atoms with Gasteiger partial charge in [-0.1, -0.05) is 6.08 Å². The highest BCUT2D eigenvalue weighted by Gasteiger charge is 2.08. The second-order valence-corrected chi connectivity index (χ2v) is 3.53. The first-order valence-corrected chi connectivity index (χ1v) is 4.64. The van der Waals surface area contributed by atoms with Gasteiger partial charge in [0.1, 0.15) is 0 Å². The summed E-state index contributed by atoms with van der Waals surface area (Å²) in [5.74, 6) is 0.0759. The molecule has 0 aliphatic heterocycles. The van der Waals surface area contributed by atoms with E-state index in [1.807, 2.05) is 0 Å². The van der Waals surface area contributed by atoms with E-state index in [1.54, 1.807) is 0 Å². The first kappa shape index (κ1) is 10.8. The van der Waals surface area contributed by atoms with Crippen LogP contribution < -0.4 is 0 Å². The van der Waals surface area contributed by atoms with Gasteiger partial charge >= 0.3 is 7.60 Å². The van der Waals surface area contributed by atoms with E-state index in [0.29, 0.717) is 5.82 Å². The summed E-state index contributed by atoms with van der Waals surface area (Å²) in [7, 11) is -4.15.